The van der Waals surface area contributed by atoms with Gasteiger partial charge in [0.15, 0.2) is 17.5 Å². The molecule has 0 aliphatic heterocycles. The fraction of sp³-hybridized carbons (Fsp3) is 0.0870. The van der Waals surface area contributed by atoms with Crippen molar-refractivity contribution >= 4 is 46.3 Å². The second kappa shape index (κ2) is 10.6. The van der Waals surface area contributed by atoms with Gasteiger partial charge in [-0.15, -0.1) is 0 Å². The molecule has 8 heteroatoms. The van der Waals surface area contributed by atoms with E-state index in [0.29, 0.717) is 27.6 Å². The third-order valence-corrected chi connectivity index (χ3v) is 4.80. The lowest BCUT2D eigenvalue weighted by Crippen LogP contribution is -2.45. The Morgan fingerprint density at radius 2 is 1.65 bits per heavy atom. The molecule has 0 spiro atoms. The number of nitrogens with one attached hydrogen (secondary N) is 3. The Morgan fingerprint density at radius 1 is 0.935 bits per heavy atom. The average molecular weight is 454 g/mol. The molecule has 0 atom stereocenters. The molecule has 0 heterocycles. The standard InChI is InChI=1S/C23H20ClN3O3S/c1-15-13-17(22(29)16-7-3-2-4-8-16)11-12-20(15)30-14-21(28)26-27-23(31)25-19-10-6-5-9-18(19)24/h2-13H,14H2,1H3,(H,26,28)(H2,25,27,31). The predicted octanol–water partition coefficient (Wildman–Crippen LogP) is 4.28. The summed E-state index contributed by atoms with van der Waals surface area (Å²) < 4.78 is 5.56. The summed E-state index contributed by atoms with van der Waals surface area (Å²) in [6.45, 7) is 1.59. The van der Waals surface area contributed by atoms with Crippen LogP contribution >= 0.6 is 23.8 Å². The van der Waals surface area contributed by atoms with Crippen LogP contribution in [0.3, 0.4) is 0 Å². The van der Waals surface area contributed by atoms with E-state index in [-0.39, 0.29) is 17.5 Å². The molecule has 6 nitrogen and oxygen atoms in total. The van der Waals surface area contributed by atoms with Crippen LogP contribution in [0.5, 0.6) is 5.75 Å². The first-order chi connectivity index (χ1) is 14.9. The number of ether oxygens (including phenoxy) is 1. The van der Waals surface area contributed by atoms with Crippen LogP contribution in [0, 0.1) is 6.92 Å². The highest BCUT2D eigenvalue weighted by Crippen LogP contribution is 2.21. The number of para-hydroxylation sites is 1. The van der Waals surface area contributed by atoms with Gasteiger partial charge in [0.1, 0.15) is 5.75 Å². The van der Waals surface area contributed by atoms with Crippen molar-refractivity contribution in [3.8, 4) is 5.75 Å². The summed E-state index contributed by atoms with van der Waals surface area (Å²) in [6, 6.07) is 21.2. The van der Waals surface area contributed by atoms with E-state index in [2.05, 4.69) is 16.2 Å². The zero-order chi connectivity index (χ0) is 22.2. The van der Waals surface area contributed by atoms with E-state index in [1.807, 2.05) is 31.2 Å². The van der Waals surface area contributed by atoms with Gasteiger partial charge in [0.25, 0.3) is 5.91 Å². The number of amides is 1. The molecule has 31 heavy (non-hydrogen) atoms. The summed E-state index contributed by atoms with van der Waals surface area (Å²) >= 11 is 11.2. The van der Waals surface area contributed by atoms with Crippen molar-refractivity contribution in [2.75, 3.05) is 11.9 Å². The Bertz CT molecular complexity index is 1110. The number of thiocarbonyl (C=S) groups is 1. The smallest absolute Gasteiger partial charge is 0.276 e. The van der Waals surface area contributed by atoms with Gasteiger partial charge in [0.05, 0.1) is 10.7 Å². The van der Waals surface area contributed by atoms with Gasteiger partial charge in [-0.2, -0.15) is 0 Å². The number of aryl methyl sites for hydroxylation is 1. The monoisotopic (exact) mass is 453 g/mol. The largest absolute Gasteiger partial charge is 0.483 e. The summed E-state index contributed by atoms with van der Waals surface area (Å²) in [5.74, 6) is 0.0143. The zero-order valence-corrected chi connectivity index (χ0v) is 18.2. The Morgan fingerprint density at radius 3 is 2.35 bits per heavy atom. The maximum atomic E-state index is 12.5. The number of benzene rings is 3. The maximum absolute atomic E-state index is 12.5. The first-order valence-corrected chi connectivity index (χ1v) is 10.2. The molecule has 3 N–H and O–H groups in total. The van der Waals surface area contributed by atoms with Crippen molar-refractivity contribution in [3.05, 3.63) is 94.5 Å². The molecule has 0 fully saturated rings. The number of rotatable bonds is 6. The minimum Gasteiger partial charge on any atom is -0.483 e. The Hall–Kier alpha value is -3.42. The lowest BCUT2D eigenvalue weighted by Gasteiger charge is -2.13. The number of hydrazine groups is 1. The summed E-state index contributed by atoms with van der Waals surface area (Å²) in [4.78, 5) is 24.6. The van der Waals surface area contributed by atoms with E-state index in [1.54, 1.807) is 48.5 Å². The molecule has 0 aliphatic carbocycles. The van der Waals surface area contributed by atoms with E-state index < -0.39 is 5.91 Å². The van der Waals surface area contributed by atoms with Gasteiger partial charge in [-0.25, -0.2) is 0 Å². The van der Waals surface area contributed by atoms with Crippen LogP contribution in [0.25, 0.3) is 0 Å². The number of halogens is 1. The second-order valence-electron chi connectivity index (χ2n) is 6.57. The summed E-state index contributed by atoms with van der Waals surface area (Å²) in [5.41, 5.74) is 7.57. The highest BCUT2D eigenvalue weighted by atomic mass is 35.5. The predicted molar refractivity (Wildman–Crippen MR) is 125 cm³/mol. The van der Waals surface area contributed by atoms with E-state index in [4.69, 9.17) is 28.6 Å². The van der Waals surface area contributed by atoms with Crippen molar-refractivity contribution in [2.45, 2.75) is 6.92 Å². The molecule has 0 saturated carbocycles. The van der Waals surface area contributed by atoms with E-state index in [9.17, 15) is 9.59 Å². The third-order valence-electron chi connectivity index (χ3n) is 4.27. The molecular formula is C23H20ClN3O3S. The SMILES string of the molecule is Cc1cc(C(=O)c2ccccc2)ccc1OCC(=O)NNC(=S)Nc1ccccc1Cl. The van der Waals surface area contributed by atoms with Crippen LogP contribution in [0.15, 0.2) is 72.8 Å². The maximum Gasteiger partial charge on any atom is 0.276 e. The van der Waals surface area contributed by atoms with Crippen LogP contribution in [-0.4, -0.2) is 23.4 Å². The van der Waals surface area contributed by atoms with Gasteiger partial charge in [-0.1, -0.05) is 54.1 Å². The molecular weight excluding hydrogens is 434 g/mol. The van der Waals surface area contributed by atoms with Gasteiger partial charge >= 0.3 is 0 Å². The van der Waals surface area contributed by atoms with Crippen molar-refractivity contribution in [2.24, 2.45) is 0 Å². The van der Waals surface area contributed by atoms with Gasteiger partial charge in [0.2, 0.25) is 0 Å². The molecule has 3 aromatic rings. The average Bonchev–Trinajstić information content (AvgIpc) is 2.78. The first kappa shape index (κ1) is 22.3. The van der Waals surface area contributed by atoms with Crippen LogP contribution in [0.4, 0.5) is 5.69 Å². The Labute approximate surface area is 190 Å². The van der Waals surface area contributed by atoms with Gasteiger partial charge < -0.3 is 10.1 Å². The minimum absolute atomic E-state index is 0.0725. The summed E-state index contributed by atoms with van der Waals surface area (Å²) in [6.07, 6.45) is 0. The fourth-order valence-electron chi connectivity index (χ4n) is 2.73. The van der Waals surface area contributed by atoms with Crippen molar-refractivity contribution in [3.63, 3.8) is 0 Å². The van der Waals surface area contributed by atoms with Crippen LogP contribution in [-0.2, 0) is 4.79 Å². The molecule has 0 saturated heterocycles. The summed E-state index contributed by atoms with van der Waals surface area (Å²) in [7, 11) is 0. The van der Waals surface area contributed by atoms with Crippen molar-refractivity contribution in [1.82, 2.24) is 10.9 Å². The molecule has 3 aromatic carbocycles. The van der Waals surface area contributed by atoms with E-state index in [1.165, 1.54) is 0 Å². The fourth-order valence-corrected chi connectivity index (χ4v) is 3.07. The molecule has 3 rings (SSSR count). The summed E-state index contributed by atoms with van der Waals surface area (Å²) in [5, 5.41) is 3.57. The van der Waals surface area contributed by atoms with Gasteiger partial charge in [-0.05, 0) is 55.0 Å². The van der Waals surface area contributed by atoms with Gasteiger partial charge in [0, 0.05) is 11.1 Å². The third kappa shape index (κ3) is 6.28. The van der Waals surface area contributed by atoms with E-state index in [0.717, 1.165) is 5.56 Å². The lowest BCUT2D eigenvalue weighted by atomic mass is 10.0. The highest BCUT2D eigenvalue weighted by molar-refractivity contribution is 7.80. The minimum atomic E-state index is -0.424. The molecule has 0 bridgehead atoms. The molecule has 0 unspecified atom stereocenters. The Balaban J connectivity index is 1.49. The molecule has 0 aromatic heterocycles. The van der Waals surface area contributed by atoms with Crippen LogP contribution in [0.1, 0.15) is 21.5 Å². The number of hydrogen-bond acceptors (Lipinski definition) is 4. The quantitative estimate of drug-likeness (QED) is 0.294. The molecule has 0 aliphatic rings. The van der Waals surface area contributed by atoms with E-state index >= 15 is 0 Å². The number of anilines is 1. The number of carbonyl (C=O) groups excluding carboxylic acids is 2. The van der Waals surface area contributed by atoms with Gasteiger partial charge in [-0.3, -0.25) is 20.4 Å². The number of carbonyl (C=O) groups is 2. The molecule has 0 radical (unpaired) electrons. The molecule has 1 amide bonds. The molecule has 158 valence electrons. The Kier molecular flexibility index (Phi) is 7.59. The normalized spacial score (nSPS) is 10.1. The topological polar surface area (TPSA) is 79.5 Å². The van der Waals surface area contributed by atoms with Crippen LogP contribution < -0.4 is 20.9 Å². The zero-order valence-electron chi connectivity index (χ0n) is 16.6. The van der Waals surface area contributed by atoms with Crippen molar-refractivity contribution in [1.29, 1.82) is 0 Å². The van der Waals surface area contributed by atoms with Crippen molar-refractivity contribution < 1.29 is 14.3 Å². The highest BCUT2D eigenvalue weighted by Gasteiger charge is 2.12. The lowest BCUT2D eigenvalue weighted by molar-refractivity contribution is -0.123. The number of hydrogen-bond donors (Lipinski definition) is 3. The van der Waals surface area contributed by atoms with Crippen LogP contribution in [0.2, 0.25) is 5.02 Å². The second-order valence-corrected chi connectivity index (χ2v) is 7.39. The number of ketones is 1. The first-order valence-electron chi connectivity index (χ1n) is 9.37.